The highest BCUT2D eigenvalue weighted by molar-refractivity contribution is 6.31. The summed E-state index contributed by atoms with van der Waals surface area (Å²) in [6.07, 6.45) is 2.03. The van der Waals surface area contributed by atoms with Gasteiger partial charge in [-0.05, 0) is 37.5 Å². The highest BCUT2D eigenvalue weighted by Crippen LogP contribution is 2.25. The number of carbonyl (C=O) groups excluding carboxylic acids is 1. The zero-order valence-corrected chi connectivity index (χ0v) is 11.3. The normalized spacial score (nSPS) is 19.7. The molecule has 2 rings (SSSR count). The second-order valence-electron chi connectivity index (χ2n) is 4.36. The van der Waals surface area contributed by atoms with E-state index in [0.29, 0.717) is 16.5 Å². The van der Waals surface area contributed by atoms with Gasteiger partial charge in [0.25, 0.3) is 5.91 Å². The second kappa shape index (κ2) is 5.28. The Hall–Kier alpha value is -0.730. The van der Waals surface area contributed by atoms with Crippen LogP contribution in [-0.4, -0.2) is 29.3 Å². The van der Waals surface area contributed by atoms with Gasteiger partial charge in [0.2, 0.25) is 0 Å². The molecule has 0 N–H and O–H groups in total. The van der Waals surface area contributed by atoms with Crippen LogP contribution in [0.2, 0.25) is 5.02 Å². The van der Waals surface area contributed by atoms with Crippen molar-refractivity contribution >= 4 is 29.1 Å². The topological polar surface area (TPSA) is 20.3 Å². The lowest BCUT2D eigenvalue weighted by molar-refractivity contribution is 0.0748. The summed E-state index contributed by atoms with van der Waals surface area (Å²) in [6, 6.07) is 5.61. The smallest absolute Gasteiger partial charge is 0.254 e. The number of carbonyl (C=O) groups is 1. The van der Waals surface area contributed by atoms with Gasteiger partial charge in [-0.1, -0.05) is 17.7 Å². The van der Waals surface area contributed by atoms with Gasteiger partial charge in [-0.3, -0.25) is 4.79 Å². The predicted molar refractivity (Wildman–Crippen MR) is 71.0 cm³/mol. The standard InChI is InChI=1S/C13H15Cl2NO/c1-9-11(5-2-6-12(9)15)13(17)16-7-3-4-10(16)8-14/h2,5-6,10H,3-4,7-8H2,1H3. The van der Waals surface area contributed by atoms with E-state index >= 15 is 0 Å². The van der Waals surface area contributed by atoms with Gasteiger partial charge in [0, 0.05) is 29.1 Å². The zero-order valence-electron chi connectivity index (χ0n) is 9.75. The van der Waals surface area contributed by atoms with E-state index in [-0.39, 0.29) is 11.9 Å². The summed E-state index contributed by atoms with van der Waals surface area (Å²) < 4.78 is 0. The third-order valence-corrected chi connectivity index (χ3v) is 4.08. The number of nitrogens with zero attached hydrogens (tertiary/aromatic N) is 1. The second-order valence-corrected chi connectivity index (χ2v) is 5.08. The molecule has 1 atom stereocenters. The number of rotatable bonds is 2. The highest BCUT2D eigenvalue weighted by Gasteiger charge is 2.29. The van der Waals surface area contributed by atoms with Crippen molar-refractivity contribution in [2.75, 3.05) is 12.4 Å². The molecule has 4 heteroatoms. The van der Waals surface area contributed by atoms with Crippen LogP contribution in [0.15, 0.2) is 18.2 Å². The van der Waals surface area contributed by atoms with Gasteiger partial charge in [-0.25, -0.2) is 0 Å². The molecule has 92 valence electrons. The lowest BCUT2D eigenvalue weighted by Crippen LogP contribution is -2.36. The summed E-state index contributed by atoms with van der Waals surface area (Å²) >= 11 is 11.9. The number of benzene rings is 1. The first kappa shape index (κ1) is 12.7. The van der Waals surface area contributed by atoms with Crippen LogP contribution in [0.25, 0.3) is 0 Å². The summed E-state index contributed by atoms with van der Waals surface area (Å²) in [5.41, 5.74) is 1.54. The molecule has 2 nitrogen and oxygen atoms in total. The Morgan fingerprint density at radius 1 is 1.53 bits per heavy atom. The maximum atomic E-state index is 12.4. The van der Waals surface area contributed by atoms with Crippen LogP contribution in [0.5, 0.6) is 0 Å². The molecule has 1 fully saturated rings. The maximum Gasteiger partial charge on any atom is 0.254 e. The van der Waals surface area contributed by atoms with Crippen LogP contribution in [0.4, 0.5) is 0 Å². The first-order valence-corrected chi connectivity index (χ1v) is 6.68. The van der Waals surface area contributed by atoms with Gasteiger partial charge < -0.3 is 4.90 Å². The Labute approximate surface area is 112 Å². The van der Waals surface area contributed by atoms with Crippen LogP contribution in [-0.2, 0) is 0 Å². The van der Waals surface area contributed by atoms with Crippen molar-refractivity contribution in [2.24, 2.45) is 0 Å². The molecule has 1 aromatic carbocycles. The molecule has 1 unspecified atom stereocenters. The number of alkyl halides is 1. The molecule has 0 aliphatic carbocycles. The molecule has 1 aromatic rings. The monoisotopic (exact) mass is 271 g/mol. The number of amides is 1. The van der Waals surface area contributed by atoms with Crippen molar-refractivity contribution in [2.45, 2.75) is 25.8 Å². The summed E-state index contributed by atoms with van der Waals surface area (Å²) in [4.78, 5) is 14.3. The maximum absolute atomic E-state index is 12.4. The molecule has 1 aliphatic heterocycles. The molecule has 0 spiro atoms. The van der Waals surface area contributed by atoms with Gasteiger partial charge in [0.15, 0.2) is 0 Å². The summed E-state index contributed by atoms with van der Waals surface area (Å²) in [7, 11) is 0. The molecular formula is C13H15Cl2NO. The molecule has 0 radical (unpaired) electrons. The fraction of sp³-hybridized carbons (Fsp3) is 0.462. The molecule has 17 heavy (non-hydrogen) atoms. The molecular weight excluding hydrogens is 257 g/mol. The molecule has 1 saturated heterocycles. The molecule has 0 saturated carbocycles. The van der Waals surface area contributed by atoms with E-state index in [1.54, 1.807) is 6.07 Å². The lowest BCUT2D eigenvalue weighted by Gasteiger charge is -2.23. The van der Waals surface area contributed by atoms with Crippen LogP contribution in [0.3, 0.4) is 0 Å². The van der Waals surface area contributed by atoms with Crippen molar-refractivity contribution in [3.8, 4) is 0 Å². The number of halogens is 2. The van der Waals surface area contributed by atoms with E-state index in [9.17, 15) is 4.79 Å². The minimum absolute atomic E-state index is 0.0492. The first-order chi connectivity index (χ1) is 8.15. The fourth-order valence-corrected chi connectivity index (χ4v) is 2.75. The van der Waals surface area contributed by atoms with Crippen molar-refractivity contribution in [3.05, 3.63) is 34.3 Å². The van der Waals surface area contributed by atoms with Gasteiger partial charge in [0.05, 0.1) is 0 Å². The van der Waals surface area contributed by atoms with Crippen molar-refractivity contribution < 1.29 is 4.79 Å². The van der Waals surface area contributed by atoms with Crippen LogP contribution >= 0.6 is 23.2 Å². The van der Waals surface area contributed by atoms with Crippen molar-refractivity contribution in [1.82, 2.24) is 4.90 Å². The van der Waals surface area contributed by atoms with Gasteiger partial charge in [-0.2, -0.15) is 0 Å². The fourth-order valence-electron chi connectivity index (χ4n) is 2.26. The molecule has 0 bridgehead atoms. The number of hydrogen-bond donors (Lipinski definition) is 0. The van der Waals surface area contributed by atoms with E-state index in [4.69, 9.17) is 23.2 Å². The van der Waals surface area contributed by atoms with E-state index in [0.717, 1.165) is 24.9 Å². The Kier molecular flexibility index (Phi) is 3.95. The largest absolute Gasteiger partial charge is 0.334 e. The summed E-state index contributed by atoms with van der Waals surface area (Å²) in [5.74, 6) is 0.555. The number of hydrogen-bond acceptors (Lipinski definition) is 1. The quantitative estimate of drug-likeness (QED) is 0.755. The SMILES string of the molecule is Cc1c(Cl)cccc1C(=O)N1CCCC1CCl. The predicted octanol–water partition coefficient (Wildman–Crippen LogP) is 3.49. The van der Waals surface area contributed by atoms with Crippen molar-refractivity contribution in [1.29, 1.82) is 0 Å². The minimum atomic E-state index is 0.0492. The van der Waals surface area contributed by atoms with Gasteiger partial charge in [0.1, 0.15) is 0 Å². The van der Waals surface area contributed by atoms with E-state index < -0.39 is 0 Å². The van der Waals surface area contributed by atoms with E-state index in [1.165, 1.54) is 0 Å². The Morgan fingerprint density at radius 2 is 2.29 bits per heavy atom. The van der Waals surface area contributed by atoms with E-state index in [1.807, 2.05) is 24.0 Å². The summed E-state index contributed by atoms with van der Waals surface area (Å²) in [6.45, 7) is 2.67. The lowest BCUT2D eigenvalue weighted by atomic mass is 10.1. The molecule has 1 aliphatic rings. The average molecular weight is 272 g/mol. The average Bonchev–Trinajstić information content (AvgIpc) is 2.80. The molecule has 1 heterocycles. The van der Waals surface area contributed by atoms with Gasteiger partial charge >= 0.3 is 0 Å². The first-order valence-electron chi connectivity index (χ1n) is 5.77. The summed E-state index contributed by atoms with van der Waals surface area (Å²) in [5, 5.41) is 0.637. The molecule has 0 aromatic heterocycles. The number of likely N-dealkylation sites (tertiary alicyclic amines) is 1. The van der Waals surface area contributed by atoms with Crippen LogP contribution < -0.4 is 0 Å². The van der Waals surface area contributed by atoms with E-state index in [2.05, 4.69) is 0 Å². The Morgan fingerprint density at radius 3 is 3.00 bits per heavy atom. The zero-order chi connectivity index (χ0) is 12.4. The minimum Gasteiger partial charge on any atom is -0.334 e. The third-order valence-electron chi connectivity index (χ3n) is 3.31. The van der Waals surface area contributed by atoms with Crippen molar-refractivity contribution in [3.63, 3.8) is 0 Å². The third kappa shape index (κ3) is 2.43. The highest BCUT2D eigenvalue weighted by atomic mass is 35.5. The molecule has 1 amide bonds. The van der Waals surface area contributed by atoms with Crippen LogP contribution in [0, 0.1) is 6.92 Å². The van der Waals surface area contributed by atoms with Crippen LogP contribution in [0.1, 0.15) is 28.8 Å². The Bertz CT molecular complexity index is 433. The van der Waals surface area contributed by atoms with Gasteiger partial charge in [-0.15, -0.1) is 11.6 Å². The Balaban J connectivity index is 2.28.